The Morgan fingerprint density at radius 1 is 0.969 bits per heavy atom. The summed E-state index contributed by atoms with van der Waals surface area (Å²) in [7, 11) is 0. The van der Waals surface area contributed by atoms with Crippen molar-refractivity contribution in [2.75, 3.05) is 31.1 Å². The number of carbonyl (C=O) groups is 2. The number of nitrogens with zero attached hydrogens (tertiary/aromatic N) is 2. The second-order valence-electron chi connectivity index (χ2n) is 9.05. The van der Waals surface area contributed by atoms with Gasteiger partial charge in [0, 0.05) is 13.1 Å². The van der Waals surface area contributed by atoms with Gasteiger partial charge in [0.1, 0.15) is 5.75 Å². The zero-order valence-electron chi connectivity index (χ0n) is 18.5. The summed E-state index contributed by atoms with van der Waals surface area (Å²) in [5.41, 5.74) is 3.43. The average molecular weight is 434 g/mol. The Morgan fingerprint density at radius 3 is 2.62 bits per heavy atom. The minimum absolute atomic E-state index is 0.0208. The predicted molar refractivity (Wildman–Crippen MR) is 124 cm³/mol. The molecular weight excluding hydrogens is 402 g/mol. The van der Waals surface area contributed by atoms with Gasteiger partial charge >= 0.3 is 0 Å². The molecule has 1 N–H and O–H groups in total. The van der Waals surface area contributed by atoms with E-state index < -0.39 is 6.10 Å². The highest BCUT2D eigenvalue weighted by atomic mass is 16.5. The van der Waals surface area contributed by atoms with Gasteiger partial charge in [-0.05, 0) is 61.8 Å². The molecule has 0 aromatic heterocycles. The minimum atomic E-state index is -0.578. The van der Waals surface area contributed by atoms with E-state index in [0.717, 1.165) is 50.9 Å². The molecule has 2 amide bonds. The molecule has 1 fully saturated rings. The summed E-state index contributed by atoms with van der Waals surface area (Å²) in [6.07, 6.45) is 5.79. The van der Waals surface area contributed by atoms with Crippen LogP contribution in [-0.2, 0) is 16.0 Å². The lowest BCUT2D eigenvalue weighted by atomic mass is 9.88. The van der Waals surface area contributed by atoms with Crippen LogP contribution in [0.2, 0.25) is 0 Å². The highest BCUT2D eigenvalue weighted by Crippen LogP contribution is 2.34. The number of hydrogen-bond donors (Lipinski definition) is 1. The molecule has 2 aromatic rings. The molecule has 32 heavy (non-hydrogen) atoms. The van der Waals surface area contributed by atoms with Gasteiger partial charge in [-0.1, -0.05) is 36.4 Å². The van der Waals surface area contributed by atoms with Crippen LogP contribution in [0.3, 0.4) is 0 Å². The van der Waals surface area contributed by atoms with Crippen molar-refractivity contribution in [2.24, 2.45) is 0 Å². The molecule has 6 nitrogen and oxygen atoms in total. The Morgan fingerprint density at radius 2 is 1.75 bits per heavy atom. The highest BCUT2D eigenvalue weighted by molar-refractivity contribution is 5.86. The molecule has 1 aliphatic carbocycles. The van der Waals surface area contributed by atoms with Crippen LogP contribution in [0.1, 0.15) is 49.3 Å². The Kier molecular flexibility index (Phi) is 6.02. The van der Waals surface area contributed by atoms with Crippen LogP contribution in [0.25, 0.3) is 0 Å². The molecule has 3 aliphatic rings. The molecule has 6 heteroatoms. The van der Waals surface area contributed by atoms with E-state index in [1.807, 2.05) is 40.1 Å². The molecule has 2 aromatic carbocycles. The SMILES string of the molecule is O=C(CN1CC(C(=O)N2CCCCC2)Oc2ccccc21)NC1CCCc2ccccc21. The zero-order chi connectivity index (χ0) is 21.9. The van der Waals surface area contributed by atoms with E-state index in [0.29, 0.717) is 12.3 Å². The molecule has 0 spiro atoms. The van der Waals surface area contributed by atoms with Gasteiger partial charge in [-0.2, -0.15) is 0 Å². The van der Waals surface area contributed by atoms with E-state index in [4.69, 9.17) is 4.74 Å². The van der Waals surface area contributed by atoms with Gasteiger partial charge in [0.05, 0.1) is 24.8 Å². The Balaban J connectivity index is 1.30. The summed E-state index contributed by atoms with van der Waals surface area (Å²) < 4.78 is 6.09. The number of piperidine rings is 1. The van der Waals surface area contributed by atoms with Gasteiger partial charge in [-0.25, -0.2) is 0 Å². The second kappa shape index (κ2) is 9.23. The third-order valence-electron chi connectivity index (χ3n) is 6.84. The van der Waals surface area contributed by atoms with Crippen molar-refractivity contribution in [1.82, 2.24) is 10.2 Å². The molecule has 1 saturated heterocycles. The van der Waals surface area contributed by atoms with E-state index in [1.54, 1.807) is 0 Å². The quantitative estimate of drug-likeness (QED) is 0.802. The van der Waals surface area contributed by atoms with Crippen LogP contribution >= 0.6 is 0 Å². The average Bonchev–Trinajstić information content (AvgIpc) is 2.84. The van der Waals surface area contributed by atoms with Crippen LogP contribution in [-0.4, -0.2) is 49.0 Å². The maximum Gasteiger partial charge on any atom is 0.265 e. The summed E-state index contributed by atoms with van der Waals surface area (Å²) >= 11 is 0. The lowest BCUT2D eigenvalue weighted by Gasteiger charge is -2.38. The first-order valence-corrected chi connectivity index (χ1v) is 11.9. The van der Waals surface area contributed by atoms with Crippen molar-refractivity contribution < 1.29 is 14.3 Å². The lowest BCUT2D eigenvalue weighted by Crippen LogP contribution is -2.53. The molecule has 2 unspecified atom stereocenters. The van der Waals surface area contributed by atoms with Gasteiger partial charge in [-0.15, -0.1) is 0 Å². The molecule has 0 saturated carbocycles. The molecular formula is C26H31N3O3. The normalized spacial score (nSPS) is 22.4. The van der Waals surface area contributed by atoms with E-state index in [9.17, 15) is 9.59 Å². The molecule has 0 radical (unpaired) electrons. The number of likely N-dealkylation sites (tertiary alicyclic amines) is 1. The minimum Gasteiger partial charge on any atom is -0.477 e. The Labute approximate surface area is 189 Å². The number of anilines is 1. The molecule has 2 aliphatic heterocycles. The number of para-hydroxylation sites is 2. The van der Waals surface area contributed by atoms with E-state index in [-0.39, 0.29) is 24.4 Å². The maximum absolute atomic E-state index is 13.1. The van der Waals surface area contributed by atoms with Gasteiger partial charge in [0.25, 0.3) is 5.91 Å². The molecule has 5 rings (SSSR count). The van der Waals surface area contributed by atoms with Gasteiger partial charge in [0.2, 0.25) is 5.91 Å². The van der Waals surface area contributed by atoms with Crippen LogP contribution in [0.4, 0.5) is 5.69 Å². The number of nitrogens with one attached hydrogen (secondary N) is 1. The maximum atomic E-state index is 13.1. The van der Waals surface area contributed by atoms with Crippen LogP contribution in [0.15, 0.2) is 48.5 Å². The number of amides is 2. The second-order valence-corrected chi connectivity index (χ2v) is 9.05. The lowest BCUT2D eigenvalue weighted by molar-refractivity contribution is -0.139. The summed E-state index contributed by atoms with van der Waals surface area (Å²) in [4.78, 5) is 30.1. The summed E-state index contributed by atoms with van der Waals surface area (Å²) in [5.74, 6) is 0.684. The van der Waals surface area contributed by atoms with Crippen molar-refractivity contribution in [2.45, 2.75) is 50.7 Å². The van der Waals surface area contributed by atoms with Crippen molar-refractivity contribution >= 4 is 17.5 Å². The smallest absolute Gasteiger partial charge is 0.265 e. The third-order valence-corrected chi connectivity index (χ3v) is 6.84. The molecule has 168 valence electrons. The van der Waals surface area contributed by atoms with Gasteiger partial charge < -0.3 is 19.9 Å². The Bertz CT molecular complexity index is 986. The highest BCUT2D eigenvalue weighted by Gasteiger charge is 2.35. The first-order valence-electron chi connectivity index (χ1n) is 11.9. The summed E-state index contributed by atoms with van der Waals surface area (Å²) in [6.45, 7) is 2.19. The number of hydrogen-bond acceptors (Lipinski definition) is 4. The topological polar surface area (TPSA) is 61.9 Å². The monoisotopic (exact) mass is 433 g/mol. The summed E-state index contributed by atoms with van der Waals surface area (Å²) in [6, 6.07) is 16.1. The largest absolute Gasteiger partial charge is 0.477 e. The summed E-state index contributed by atoms with van der Waals surface area (Å²) in [5, 5.41) is 3.24. The molecule has 2 atom stereocenters. The third kappa shape index (κ3) is 4.31. The number of fused-ring (bicyclic) bond motifs is 2. The molecule has 0 bridgehead atoms. The van der Waals surface area contributed by atoms with Crippen molar-refractivity contribution in [3.05, 3.63) is 59.7 Å². The first-order chi connectivity index (χ1) is 15.7. The predicted octanol–water partition coefficient (Wildman–Crippen LogP) is 3.46. The van der Waals surface area contributed by atoms with Gasteiger partial charge in [-0.3, -0.25) is 9.59 Å². The number of rotatable bonds is 4. The van der Waals surface area contributed by atoms with Gasteiger partial charge in [0.15, 0.2) is 6.10 Å². The van der Waals surface area contributed by atoms with Crippen LogP contribution in [0.5, 0.6) is 5.75 Å². The van der Waals surface area contributed by atoms with E-state index in [2.05, 4.69) is 23.5 Å². The molecule has 2 heterocycles. The Hall–Kier alpha value is -3.02. The zero-order valence-corrected chi connectivity index (χ0v) is 18.5. The number of benzene rings is 2. The number of ether oxygens (including phenoxy) is 1. The standard InChI is InChI=1S/C26H31N3O3/c30-25(27-21-12-8-10-19-9-2-3-11-20(19)21)18-29-17-24(26(31)28-15-6-1-7-16-28)32-23-14-5-4-13-22(23)29/h2-5,9,11,13-14,21,24H,1,6-8,10,12,15-18H2,(H,27,30). The number of carbonyl (C=O) groups excluding carboxylic acids is 2. The van der Waals surface area contributed by atoms with Crippen LogP contribution in [0, 0.1) is 0 Å². The fourth-order valence-corrected chi connectivity index (χ4v) is 5.22. The van der Waals surface area contributed by atoms with Crippen LogP contribution < -0.4 is 15.0 Å². The van der Waals surface area contributed by atoms with Crippen molar-refractivity contribution in [1.29, 1.82) is 0 Å². The number of aryl methyl sites for hydroxylation is 1. The van der Waals surface area contributed by atoms with E-state index >= 15 is 0 Å². The first kappa shape index (κ1) is 20.9. The fourth-order valence-electron chi connectivity index (χ4n) is 5.22. The fraction of sp³-hybridized carbons (Fsp3) is 0.462. The van der Waals surface area contributed by atoms with E-state index in [1.165, 1.54) is 17.5 Å². The van der Waals surface area contributed by atoms with Crippen molar-refractivity contribution in [3.8, 4) is 5.75 Å². The van der Waals surface area contributed by atoms with Crippen molar-refractivity contribution in [3.63, 3.8) is 0 Å².